The van der Waals surface area contributed by atoms with Crippen LogP contribution in [0.4, 0.5) is 5.69 Å². The number of nitrogen functional groups attached to an aromatic ring is 1. The second kappa shape index (κ2) is 7.19. The molecule has 1 aliphatic heterocycles. The van der Waals surface area contributed by atoms with E-state index in [1.165, 1.54) is 0 Å². The fourth-order valence-corrected chi connectivity index (χ4v) is 3.49. The van der Waals surface area contributed by atoms with Gasteiger partial charge in [-0.2, -0.15) is 4.37 Å². The third kappa shape index (κ3) is 3.37. The molecule has 0 saturated carbocycles. The van der Waals surface area contributed by atoms with E-state index in [9.17, 15) is 9.59 Å². The van der Waals surface area contributed by atoms with Gasteiger partial charge in [0.05, 0.1) is 5.69 Å². The molecule has 3 rings (SSSR count). The number of nitrogens with zero attached hydrogens (tertiary/aromatic N) is 2. The summed E-state index contributed by atoms with van der Waals surface area (Å²) in [6.07, 6.45) is 1.97. The Balaban J connectivity index is 1.69. The molecule has 8 heteroatoms. The fraction of sp³-hybridized carbons (Fsp3) is 0.312. The zero-order valence-electron chi connectivity index (χ0n) is 12.9. The molecule has 0 unspecified atom stereocenters. The lowest BCUT2D eigenvalue weighted by atomic mass is 10.2. The topological polar surface area (TPSA) is 88.3 Å². The number of rotatable bonds is 4. The zero-order chi connectivity index (χ0) is 17.1. The first-order valence-corrected chi connectivity index (χ1v) is 8.79. The van der Waals surface area contributed by atoms with Crippen LogP contribution in [-0.4, -0.2) is 34.2 Å². The van der Waals surface area contributed by atoms with Crippen LogP contribution in [0, 0.1) is 0 Å². The summed E-state index contributed by atoms with van der Waals surface area (Å²) in [4.78, 5) is 26.7. The second-order valence-electron chi connectivity index (χ2n) is 5.55. The maximum atomic E-state index is 12.4. The van der Waals surface area contributed by atoms with Crippen molar-refractivity contribution in [3.63, 3.8) is 0 Å². The van der Waals surface area contributed by atoms with E-state index in [4.69, 9.17) is 17.3 Å². The fourth-order valence-electron chi connectivity index (χ4n) is 2.58. The van der Waals surface area contributed by atoms with Crippen molar-refractivity contribution < 1.29 is 9.59 Å². The van der Waals surface area contributed by atoms with E-state index in [2.05, 4.69) is 9.69 Å². The number of nitrogens with one attached hydrogen (secondary N) is 1. The molecule has 1 aromatic heterocycles. The Kier molecular flexibility index (Phi) is 5.01. The maximum Gasteiger partial charge on any atom is 0.275 e. The second-order valence-corrected chi connectivity index (χ2v) is 6.73. The quantitative estimate of drug-likeness (QED) is 0.872. The SMILES string of the molecule is Nc1c(C(=O)N2CCCC2)nsc1C(=O)NCc1ccccc1Cl. The van der Waals surface area contributed by atoms with Gasteiger partial charge in [0.15, 0.2) is 5.69 Å². The number of carbonyl (C=O) groups excluding carboxylic acids is 2. The van der Waals surface area contributed by atoms with E-state index in [1.807, 2.05) is 18.2 Å². The van der Waals surface area contributed by atoms with Crippen LogP contribution in [0.15, 0.2) is 24.3 Å². The van der Waals surface area contributed by atoms with Crippen molar-refractivity contribution in [2.75, 3.05) is 18.8 Å². The summed E-state index contributed by atoms with van der Waals surface area (Å²) < 4.78 is 4.09. The molecule has 24 heavy (non-hydrogen) atoms. The molecule has 0 radical (unpaired) electrons. The van der Waals surface area contributed by atoms with Crippen LogP contribution >= 0.6 is 23.1 Å². The van der Waals surface area contributed by atoms with Crippen molar-refractivity contribution in [1.82, 2.24) is 14.6 Å². The minimum Gasteiger partial charge on any atom is -0.395 e. The highest BCUT2D eigenvalue weighted by molar-refractivity contribution is 7.09. The largest absolute Gasteiger partial charge is 0.395 e. The smallest absolute Gasteiger partial charge is 0.275 e. The first kappa shape index (κ1) is 16.7. The number of likely N-dealkylation sites (tertiary alicyclic amines) is 1. The lowest BCUT2D eigenvalue weighted by Gasteiger charge is -2.13. The summed E-state index contributed by atoms with van der Waals surface area (Å²) >= 11 is 7.01. The molecule has 0 atom stereocenters. The number of carbonyl (C=O) groups is 2. The van der Waals surface area contributed by atoms with Gasteiger partial charge >= 0.3 is 0 Å². The first-order chi connectivity index (χ1) is 11.6. The molecule has 1 aromatic carbocycles. The van der Waals surface area contributed by atoms with E-state index in [1.54, 1.807) is 11.0 Å². The number of hydrogen-bond acceptors (Lipinski definition) is 5. The Morgan fingerprint density at radius 1 is 1.29 bits per heavy atom. The molecular formula is C16H17ClN4O2S. The predicted octanol–water partition coefficient (Wildman–Crippen LogP) is 2.54. The van der Waals surface area contributed by atoms with Gasteiger partial charge in [-0.05, 0) is 36.0 Å². The Morgan fingerprint density at radius 2 is 2.00 bits per heavy atom. The summed E-state index contributed by atoms with van der Waals surface area (Å²) in [5.74, 6) is -0.559. The normalized spacial score (nSPS) is 14.0. The van der Waals surface area contributed by atoms with Gasteiger partial charge in [0.2, 0.25) is 0 Å². The third-order valence-electron chi connectivity index (χ3n) is 3.93. The van der Waals surface area contributed by atoms with Crippen molar-refractivity contribution >= 4 is 40.6 Å². The Labute approximate surface area is 148 Å². The summed E-state index contributed by atoms with van der Waals surface area (Å²) in [5, 5.41) is 3.34. The lowest BCUT2D eigenvalue weighted by molar-refractivity contribution is 0.0789. The van der Waals surface area contributed by atoms with Crippen molar-refractivity contribution in [2.45, 2.75) is 19.4 Å². The molecule has 6 nitrogen and oxygen atoms in total. The average Bonchev–Trinajstić information content (AvgIpc) is 3.23. The molecule has 2 heterocycles. The van der Waals surface area contributed by atoms with Gasteiger partial charge in [-0.25, -0.2) is 0 Å². The van der Waals surface area contributed by atoms with E-state index < -0.39 is 0 Å². The van der Waals surface area contributed by atoms with Gasteiger partial charge in [-0.15, -0.1) is 0 Å². The summed E-state index contributed by atoms with van der Waals surface area (Å²) in [6, 6.07) is 7.27. The third-order valence-corrected chi connectivity index (χ3v) is 5.16. The van der Waals surface area contributed by atoms with Crippen LogP contribution in [-0.2, 0) is 6.54 Å². The standard InChI is InChI=1S/C16H17ClN4O2S/c17-11-6-2-1-5-10(11)9-19-15(22)14-12(18)13(20-24-14)16(23)21-7-3-4-8-21/h1-2,5-6H,3-4,7-9,18H2,(H,19,22). The molecular weight excluding hydrogens is 348 g/mol. The number of hydrogen-bond donors (Lipinski definition) is 2. The molecule has 1 saturated heterocycles. The van der Waals surface area contributed by atoms with Crippen LogP contribution < -0.4 is 11.1 Å². The number of nitrogens with two attached hydrogens (primary N) is 1. The highest BCUT2D eigenvalue weighted by atomic mass is 35.5. The van der Waals surface area contributed by atoms with Gasteiger partial charge in [0.25, 0.3) is 11.8 Å². The predicted molar refractivity (Wildman–Crippen MR) is 94.3 cm³/mol. The van der Waals surface area contributed by atoms with Crippen LogP contribution in [0.3, 0.4) is 0 Å². The monoisotopic (exact) mass is 364 g/mol. The number of halogens is 1. The molecule has 2 aromatic rings. The van der Waals surface area contributed by atoms with E-state index in [0.717, 1.165) is 29.9 Å². The van der Waals surface area contributed by atoms with Gasteiger partial charge < -0.3 is 16.0 Å². The highest BCUT2D eigenvalue weighted by Gasteiger charge is 2.27. The lowest BCUT2D eigenvalue weighted by Crippen LogP contribution is -2.29. The van der Waals surface area contributed by atoms with E-state index in [0.29, 0.717) is 18.1 Å². The van der Waals surface area contributed by atoms with Crippen molar-refractivity contribution in [3.8, 4) is 0 Å². The molecule has 3 N–H and O–H groups in total. The molecule has 1 fully saturated rings. The van der Waals surface area contributed by atoms with Gasteiger partial charge in [-0.1, -0.05) is 29.8 Å². The first-order valence-electron chi connectivity index (χ1n) is 7.64. The van der Waals surface area contributed by atoms with E-state index in [-0.39, 0.29) is 34.6 Å². The summed E-state index contributed by atoms with van der Waals surface area (Å²) in [6.45, 7) is 1.71. The van der Waals surface area contributed by atoms with Gasteiger partial charge in [0.1, 0.15) is 4.88 Å². The molecule has 1 aliphatic rings. The minimum absolute atomic E-state index is 0.147. The van der Waals surface area contributed by atoms with Crippen molar-refractivity contribution in [2.24, 2.45) is 0 Å². The summed E-state index contributed by atoms with van der Waals surface area (Å²) in [5.41, 5.74) is 7.11. The molecule has 0 aliphatic carbocycles. The van der Waals surface area contributed by atoms with E-state index >= 15 is 0 Å². The molecule has 0 spiro atoms. The van der Waals surface area contributed by atoms with Crippen LogP contribution in [0.2, 0.25) is 5.02 Å². The van der Waals surface area contributed by atoms with Gasteiger partial charge in [-0.3, -0.25) is 9.59 Å². The number of anilines is 1. The van der Waals surface area contributed by atoms with Gasteiger partial charge in [0, 0.05) is 24.7 Å². The summed E-state index contributed by atoms with van der Waals surface area (Å²) in [7, 11) is 0. The number of benzene rings is 1. The van der Waals surface area contributed by atoms with Crippen LogP contribution in [0.5, 0.6) is 0 Å². The van der Waals surface area contributed by atoms with Crippen LogP contribution in [0.25, 0.3) is 0 Å². The van der Waals surface area contributed by atoms with Crippen molar-refractivity contribution in [1.29, 1.82) is 0 Å². The molecule has 2 amide bonds. The Morgan fingerprint density at radius 3 is 2.71 bits per heavy atom. The zero-order valence-corrected chi connectivity index (χ0v) is 14.5. The average molecular weight is 365 g/mol. The molecule has 126 valence electrons. The Hall–Kier alpha value is -2.12. The number of aromatic nitrogens is 1. The number of amides is 2. The molecule has 0 bridgehead atoms. The maximum absolute atomic E-state index is 12.4. The van der Waals surface area contributed by atoms with Crippen LogP contribution in [0.1, 0.15) is 38.6 Å². The highest BCUT2D eigenvalue weighted by Crippen LogP contribution is 2.24. The van der Waals surface area contributed by atoms with Crippen molar-refractivity contribution in [3.05, 3.63) is 45.4 Å². The minimum atomic E-state index is -0.356. The Bertz CT molecular complexity index is 771.